The molecule has 0 aromatic heterocycles. The molecule has 0 bridgehead atoms. The highest BCUT2D eigenvalue weighted by atomic mass is 16.3. The van der Waals surface area contributed by atoms with Gasteiger partial charge in [0.15, 0.2) is 0 Å². The molecule has 1 saturated carbocycles. The van der Waals surface area contributed by atoms with E-state index in [0.29, 0.717) is 6.04 Å². The molecule has 1 N–H and O–H groups in total. The zero-order valence-corrected chi connectivity index (χ0v) is 12.7. The van der Waals surface area contributed by atoms with Crippen molar-refractivity contribution in [2.45, 2.75) is 52.7 Å². The molecule has 1 aliphatic carbocycles. The highest BCUT2D eigenvalue weighted by Crippen LogP contribution is 2.31. The minimum absolute atomic E-state index is 0.375. The van der Waals surface area contributed by atoms with E-state index in [1.807, 2.05) is 0 Å². The molecule has 1 aromatic carbocycles. The molecule has 1 aliphatic rings. The van der Waals surface area contributed by atoms with Gasteiger partial charge in [-0.2, -0.15) is 0 Å². The molecule has 2 nitrogen and oxygen atoms in total. The predicted octanol–water partition coefficient (Wildman–Crippen LogP) is 3.46. The largest absolute Gasteiger partial charge is 0.387 e. The summed E-state index contributed by atoms with van der Waals surface area (Å²) < 4.78 is 0. The van der Waals surface area contributed by atoms with E-state index in [4.69, 9.17) is 0 Å². The summed E-state index contributed by atoms with van der Waals surface area (Å²) in [5.74, 6) is 0.870. The maximum Gasteiger partial charge on any atom is 0.0917 e. The van der Waals surface area contributed by atoms with E-state index in [2.05, 4.69) is 50.8 Å². The van der Waals surface area contributed by atoms with E-state index in [1.54, 1.807) is 0 Å². The van der Waals surface area contributed by atoms with Gasteiger partial charge < -0.3 is 5.11 Å². The minimum Gasteiger partial charge on any atom is -0.387 e. The number of nitrogens with zero attached hydrogens (tertiary/aromatic N) is 1. The van der Waals surface area contributed by atoms with Gasteiger partial charge in [0.25, 0.3) is 0 Å². The van der Waals surface area contributed by atoms with Crippen LogP contribution in [0, 0.1) is 19.8 Å². The fourth-order valence-electron chi connectivity index (χ4n) is 2.43. The zero-order chi connectivity index (χ0) is 14.0. The Morgan fingerprint density at radius 1 is 1.21 bits per heavy atom. The van der Waals surface area contributed by atoms with E-state index in [-0.39, 0.29) is 6.10 Å². The minimum atomic E-state index is -0.375. The van der Waals surface area contributed by atoms with Gasteiger partial charge >= 0.3 is 0 Å². The maximum atomic E-state index is 10.4. The van der Waals surface area contributed by atoms with Gasteiger partial charge in [0.1, 0.15) is 0 Å². The average Bonchev–Trinajstić information content (AvgIpc) is 3.15. The lowest BCUT2D eigenvalue weighted by Crippen LogP contribution is -2.36. The molecular weight excluding hydrogens is 234 g/mol. The van der Waals surface area contributed by atoms with Gasteiger partial charge in [-0.05, 0) is 63.1 Å². The number of hydrogen-bond donors (Lipinski definition) is 1. The number of aliphatic hydroxyl groups is 1. The summed E-state index contributed by atoms with van der Waals surface area (Å²) in [6.45, 7) is 10.5. The molecule has 2 rings (SSSR count). The maximum absolute atomic E-state index is 10.4. The molecule has 2 heteroatoms. The lowest BCUT2D eigenvalue weighted by atomic mass is 10.0. The Morgan fingerprint density at radius 3 is 2.42 bits per heavy atom. The van der Waals surface area contributed by atoms with Gasteiger partial charge in [0.2, 0.25) is 0 Å². The van der Waals surface area contributed by atoms with Crippen LogP contribution < -0.4 is 0 Å². The Balaban J connectivity index is 2.00. The van der Waals surface area contributed by atoms with Crippen LogP contribution in [0.15, 0.2) is 18.2 Å². The Morgan fingerprint density at radius 2 is 1.89 bits per heavy atom. The second kappa shape index (κ2) is 6.06. The molecule has 1 fully saturated rings. The summed E-state index contributed by atoms with van der Waals surface area (Å²) in [5, 5.41) is 10.4. The van der Waals surface area contributed by atoms with E-state index in [1.165, 1.54) is 24.0 Å². The Labute approximate surface area is 117 Å². The van der Waals surface area contributed by atoms with Crippen LogP contribution in [-0.4, -0.2) is 29.1 Å². The molecule has 0 spiro atoms. The van der Waals surface area contributed by atoms with Crippen molar-refractivity contribution >= 4 is 0 Å². The van der Waals surface area contributed by atoms with Gasteiger partial charge in [0, 0.05) is 19.1 Å². The molecule has 0 aliphatic heterocycles. The van der Waals surface area contributed by atoms with Gasteiger partial charge in [0.05, 0.1) is 6.10 Å². The summed E-state index contributed by atoms with van der Waals surface area (Å²) in [5.41, 5.74) is 3.59. The number of aliphatic hydroxyl groups excluding tert-OH is 1. The summed E-state index contributed by atoms with van der Waals surface area (Å²) in [4.78, 5) is 2.41. The predicted molar refractivity (Wildman–Crippen MR) is 80.3 cm³/mol. The van der Waals surface area contributed by atoms with Crippen molar-refractivity contribution in [1.29, 1.82) is 0 Å². The number of hydrogen-bond acceptors (Lipinski definition) is 2. The van der Waals surface area contributed by atoms with Crippen LogP contribution in [0.25, 0.3) is 0 Å². The summed E-state index contributed by atoms with van der Waals surface area (Å²) >= 11 is 0. The third-order valence-corrected chi connectivity index (χ3v) is 4.24. The van der Waals surface area contributed by atoms with Gasteiger partial charge in [-0.1, -0.05) is 18.2 Å². The van der Waals surface area contributed by atoms with Crippen molar-refractivity contribution in [3.63, 3.8) is 0 Å². The molecule has 1 aromatic rings. The van der Waals surface area contributed by atoms with E-state index < -0.39 is 0 Å². The third-order valence-electron chi connectivity index (χ3n) is 4.24. The molecule has 0 amide bonds. The van der Waals surface area contributed by atoms with Crippen LogP contribution in [0.2, 0.25) is 0 Å². The fourth-order valence-corrected chi connectivity index (χ4v) is 2.43. The van der Waals surface area contributed by atoms with Crippen LogP contribution in [-0.2, 0) is 0 Å². The molecule has 0 heterocycles. The second-order valence-electron chi connectivity index (χ2n) is 6.35. The standard InChI is InChI=1S/C17H27NO/c1-12(2)18(10-15-6-7-15)11-17(19)16-8-5-13(3)14(4)9-16/h5,8-9,12,15,17,19H,6-7,10-11H2,1-4H3. The Hall–Kier alpha value is -0.860. The summed E-state index contributed by atoms with van der Waals surface area (Å²) in [6, 6.07) is 6.79. The first-order valence-corrected chi connectivity index (χ1v) is 7.46. The molecule has 0 radical (unpaired) electrons. The first-order chi connectivity index (χ1) is 8.97. The van der Waals surface area contributed by atoms with Crippen LogP contribution in [0.1, 0.15) is 49.5 Å². The first-order valence-electron chi connectivity index (χ1n) is 7.46. The topological polar surface area (TPSA) is 23.5 Å². The van der Waals surface area contributed by atoms with Crippen molar-refractivity contribution in [2.75, 3.05) is 13.1 Å². The number of aryl methyl sites for hydroxylation is 2. The van der Waals surface area contributed by atoms with Gasteiger partial charge in [-0.25, -0.2) is 0 Å². The summed E-state index contributed by atoms with van der Waals surface area (Å²) in [6.07, 6.45) is 2.35. The van der Waals surface area contributed by atoms with Crippen LogP contribution in [0.3, 0.4) is 0 Å². The zero-order valence-electron chi connectivity index (χ0n) is 12.7. The van der Waals surface area contributed by atoms with E-state index >= 15 is 0 Å². The number of rotatable bonds is 6. The van der Waals surface area contributed by atoms with Gasteiger partial charge in [-0.3, -0.25) is 4.90 Å². The SMILES string of the molecule is Cc1ccc(C(O)CN(CC2CC2)C(C)C)cc1C. The van der Waals surface area contributed by atoms with Crippen molar-refractivity contribution in [2.24, 2.45) is 5.92 Å². The molecule has 1 unspecified atom stereocenters. The smallest absolute Gasteiger partial charge is 0.0917 e. The Kier molecular flexibility index (Phi) is 4.64. The monoisotopic (exact) mass is 261 g/mol. The van der Waals surface area contributed by atoms with Crippen molar-refractivity contribution in [1.82, 2.24) is 4.90 Å². The molecule has 19 heavy (non-hydrogen) atoms. The van der Waals surface area contributed by atoms with Crippen molar-refractivity contribution in [3.8, 4) is 0 Å². The number of benzene rings is 1. The average molecular weight is 261 g/mol. The van der Waals surface area contributed by atoms with Crippen molar-refractivity contribution in [3.05, 3.63) is 34.9 Å². The molecule has 0 saturated heterocycles. The first kappa shape index (κ1) is 14.5. The van der Waals surface area contributed by atoms with Crippen molar-refractivity contribution < 1.29 is 5.11 Å². The molecular formula is C17H27NO. The normalized spacial score (nSPS) is 17.2. The quantitative estimate of drug-likeness (QED) is 0.847. The fraction of sp³-hybridized carbons (Fsp3) is 0.647. The second-order valence-corrected chi connectivity index (χ2v) is 6.35. The highest BCUT2D eigenvalue weighted by Gasteiger charge is 2.26. The molecule has 106 valence electrons. The van der Waals surface area contributed by atoms with E-state index in [0.717, 1.165) is 24.6 Å². The van der Waals surface area contributed by atoms with Gasteiger partial charge in [-0.15, -0.1) is 0 Å². The highest BCUT2D eigenvalue weighted by molar-refractivity contribution is 5.31. The van der Waals surface area contributed by atoms with Crippen LogP contribution in [0.4, 0.5) is 0 Å². The third kappa shape index (κ3) is 4.05. The lowest BCUT2D eigenvalue weighted by molar-refractivity contribution is 0.0923. The lowest BCUT2D eigenvalue weighted by Gasteiger charge is -2.29. The van der Waals surface area contributed by atoms with E-state index in [9.17, 15) is 5.11 Å². The molecule has 1 atom stereocenters. The Bertz CT molecular complexity index is 423. The summed E-state index contributed by atoms with van der Waals surface area (Å²) in [7, 11) is 0. The van der Waals surface area contributed by atoms with Crippen LogP contribution >= 0.6 is 0 Å². The van der Waals surface area contributed by atoms with Crippen LogP contribution in [0.5, 0.6) is 0 Å².